The van der Waals surface area contributed by atoms with Crippen molar-refractivity contribution < 1.29 is 9.53 Å². The molecule has 3 atom stereocenters. The summed E-state index contributed by atoms with van der Waals surface area (Å²) in [5.41, 5.74) is -0.141. The Morgan fingerprint density at radius 1 is 1.50 bits per heavy atom. The Balaban J connectivity index is 2.17. The quantitative estimate of drug-likeness (QED) is 0.560. The summed E-state index contributed by atoms with van der Waals surface area (Å²) in [6.07, 6.45) is 4.88. The molecule has 2 aliphatic rings. The van der Waals surface area contributed by atoms with E-state index in [2.05, 4.69) is 6.92 Å². The molecule has 0 aliphatic heterocycles. The molecular formula is C10H16O2. The molecule has 0 saturated heterocycles. The smallest absolute Gasteiger partial charge is 0.311 e. The van der Waals surface area contributed by atoms with Crippen LogP contribution in [0.1, 0.15) is 32.6 Å². The third-order valence-corrected chi connectivity index (χ3v) is 3.81. The van der Waals surface area contributed by atoms with Crippen molar-refractivity contribution >= 4 is 5.97 Å². The first-order valence-corrected chi connectivity index (χ1v) is 4.75. The lowest BCUT2D eigenvalue weighted by Gasteiger charge is -2.30. The van der Waals surface area contributed by atoms with Crippen LogP contribution in [0, 0.1) is 17.3 Å². The highest BCUT2D eigenvalue weighted by molar-refractivity contribution is 5.77. The molecule has 0 aromatic heterocycles. The van der Waals surface area contributed by atoms with E-state index < -0.39 is 0 Å². The number of fused-ring (bicyclic) bond motifs is 2. The van der Waals surface area contributed by atoms with E-state index in [9.17, 15) is 4.79 Å². The predicted molar refractivity (Wildman–Crippen MR) is 45.6 cm³/mol. The van der Waals surface area contributed by atoms with Crippen LogP contribution >= 0.6 is 0 Å². The van der Waals surface area contributed by atoms with E-state index in [0.29, 0.717) is 5.92 Å². The first-order chi connectivity index (χ1) is 5.66. The molecule has 0 amide bonds. The van der Waals surface area contributed by atoms with Crippen LogP contribution in [0.2, 0.25) is 0 Å². The summed E-state index contributed by atoms with van der Waals surface area (Å²) in [6, 6.07) is 0. The summed E-state index contributed by atoms with van der Waals surface area (Å²) in [5.74, 6) is 1.42. The van der Waals surface area contributed by atoms with Crippen molar-refractivity contribution in [3.8, 4) is 0 Å². The maximum Gasteiger partial charge on any atom is 0.311 e. The van der Waals surface area contributed by atoms with Crippen molar-refractivity contribution in [1.82, 2.24) is 0 Å². The van der Waals surface area contributed by atoms with Crippen molar-refractivity contribution in [3.63, 3.8) is 0 Å². The lowest BCUT2D eigenvalue weighted by atomic mass is 9.75. The van der Waals surface area contributed by atoms with E-state index in [-0.39, 0.29) is 11.4 Å². The first-order valence-electron chi connectivity index (χ1n) is 4.75. The van der Waals surface area contributed by atoms with Gasteiger partial charge in [-0.3, -0.25) is 4.79 Å². The zero-order chi connectivity index (χ0) is 8.77. The molecule has 0 N–H and O–H groups in total. The van der Waals surface area contributed by atoms with Gasteiger partial charge in [0.25, 0.3) is 0 Å². The molecule has 2 fully saturated rings. The summed E-state index contributed by atoms with van der Waals surface area (Å²) in [7, 11) is 1.50. The van der Waals surface area contributed by atoms with Gasteiger partial charge in [-0.2, -0.15) is 0 Å². The van der Waals surface area contributed by atoms with Crippen molar-refractivity contribution in [2.45, 2.75) is 32.6 Å². The molecule has 0 spiro atoms. The minimum Gasteiger partial charge on any atom is -0.469 e. The second kappa shape index (κ2) is 2.48. The van der Waals surface area contributed by atoms with Gasteiger partial charge < -0.3 is 4.74 Å². The van der Waals surface area contributed by atoms with E-state index in [4.69, 9.17) is 4.74 Å². The first kappa shape index (κ1) is 8.09. The molecule has 2 saturated carbocycles. The van der Waals surface area contributed by atoms with Crippen LogP contribution in [0.15, 0.2) is 0 Å². The second-order valence-corrected chi connectivity index (χ2v) is 4.49. The molecule has 0 radical (unpaired) electrons. The molecule has 0 aromatic carbocycles. The van der Waals surface area contributed by atoms with E-state index in [1.165, 1.54) is 26.4 Å². The highest BCUT2D eigenvalue weighted by atomic mass is 16.5. The standard InChI is InChI=1S/C10H16O2/c1-10(9(11)12-2)6-7-3-4-8(10)5-7/h7-8H,3-6H2,1-2H3/t7-,8+,10-/m0/s1. The summed E-state index contributed by atoms with van der Waals surface area (Å²) in [5, 5.41) is 0. The van der Waals surface area contributed by atoms with Gasteiger partial charge in [0.1, 0.15) is 0 Å². The maximum absolute atomic E-state index is 11.5. The Morgan fingerprint density at radius 3 is 2.67 bits per heavy atom. The molecule has 2 nitrogen and oxygen atoms in total. The molecular weight excluding hydrogens is 152 g/mol. The van der Waals surface area contributed by atoms with Gasteiger partial charge in [-0.25, -0.2) is 0 Å². The third kappa shape index (κ3) is 0.900. The molecule has 12 heavy (non-hydrogen) atoms. The Kier molecular flexibility index (Phi) is 1.67. The fourth-order valence-electron chi connectivity index (χ4n) is 3.09. The molecule has 2 aliphatic carbocycles. The fraction of sp³-hybridized carbons (Fsp3) is 0.900. The van der Waals surface area contributed by atoms with Crippen molar-refractivity contribution in [2.75, 3.05) is 7.11 Å². The van der Waals surface area contributed by atoms with Gasteiger partial charge in [0.2, 0.25) is 0 Å². The largest absolute Gasteiger partial charge is 0.469 e. The summed E-state index contributed by atoms with van der Waals surface area (Å²) in [4.78, 5) is 11.5. The van der Waals surface area contributed by atoms with Crippen molar-refractivity contribution in [2.24, 2.45) is 17.3 Å². The maximum atomic E-state index is 11.5. The van der Waals surface area contributed by atoms with Crippen LogP contribution in [0.5, 0.6) is 0 Å². The molecule has 2 heteroatoms. The van der Waals surface area contributed by atoms with Gasteiger partial charge in [-0.1, -0.05) is 6.42 Å². The number of hydrogen-bond acceptors (Lipinski definition) is 2. The fourth-order valence-corrected chi connectivity index (χ4v) is 3.09. The lowest BCUT2D eigenvalue weighted by Crippen LogP contribution is -2.34. The number of hydrogen-bond donors (Lipinski definition) is 0. The SMILES string of the molecule is COC(=O)[C@@]1(C)C[C@H]2CC[C@@H]1C2. The zero-order valence-corrected chi connectivity index (χ0v) is 7.80. The molecule has 0 aromatic rings. The Morgan fingerprint density at radius 2 is 2.25 bits per heavy atom. The molecule has 2 rings (SSSR count). The normalized spacial score (nSPS) is 44.8. The van der Waals surface area contributed by atoms with E-state index >= 15 is 0 Å². The number of ether oxygens (including phenoxy) is 1. The van der Waals surface area contributed by atoms with Gasteiger partial charge in [0.15, 0.2) is 0 Å². The Bertz CT molecular complexity index is 212. The van der Waals surface area contributed by atoms with Gasteiger partial charge in [-0.05, 0) is 38.0 Å². The zero-order valence-electron chi connectivity index (χ0n) is 7.80. The van der Waals surface area contributed by atoms with Crippen molar-refractivity contribution in [3.05, 3.63) is 0 Å². The van der Waals surface area contributed by atoms with Crippen LogP contribution < -0.4 is 0 Å². The monoisotopic (exact) mass is 168 g/mol. The van der Waals surface area contributed by atoms with Gasteiger partial charge >= 0.3 is 5.97 Å². The number of rotatable bonds is 1. The van der Waals surface area contributed by atoms with Gasteiger partial charge in [0, 0.05) is 0 Å². The van der Waals surface area contributed by atoms with E-state index in [1.54, 1.807) is 0 Å². The lowest BCUT2D eigenvalue weighted by molar-refractivity contribution is -0.154. The molecule has 2 bridgehead atoms. The second-order valence-electron chi connectivity index (χ2n) is 4.49. The van der Waals surface area contributed by atoms with Gasteiger partial charge in [0.05, 0.1) is 12.5 Å². The molecule has 0 heterocycles. The predicted octanol–water partition coefficient (Wildman–Crippen LogP) is 1.99. The number of carbonyl (C=O) groups is 1. The van der Waals surface area contributed by atoms with Crippen molar-refractivity contribution in [1.29, 1.82) is 0 Å². The number of carbonyl (C=O) groups excluding carboxylic acids is 1. The van der Waals surface area contributed by atoms with E-state index in [0.717, 1.165) is 12.3 Å². The van der Waals surface area contributed by atoms with Gasteiger partial charge in [-0.15, -0.1) is 0 Å². The third-order valence-electron chi connectivity index (χ3n) is 3.81. The summed E-state index contributed by atoms with van der Waals surface area (Å²) < 4.78 is 4.85. The van der Waals surface area contributed by atoms with E-state index in [1.807, 2.05) is 0 Å². The van der Waals surface area contributed by atoms with Crippen LogP contribution in [-0.4, -0.2) is 13.1 Å². The average Bonchev–Trinajstić information content (AvgIpc) is 2.62. The highest BCUT2D eigenvalue weighted by Crippen LogP contribution is 2.56. The van der Waals surface area contributed by atoms with Crippen LogP contribution in [0.3, 0.4) is 0 Å². The van der Waals surface area contributed by atoms with Crippen LogP contribution in [-0.2, 0) is 9.53 Å². The number of methoxy groups -OCH3 is 1. The molecule has 68 valence electrons. The minimum atomic E-state index is -0.141. The topological polar surface area (TPSA) is 26.3 Å². The average molecular weight is 168 g/mol. The van der Waals surface area contributed by atoms with Crippen LogP contribution in [0.4, 0.5) is 0 Å². The number of esters is 1. The Hall–Kier alpha value is -0.530. The highest BCUT2D eigenvalue weighted by Gasteiger charge is 2.52. The summed E-state index contributed by atoms with van der Waals surface area (Å²) >= 11 is 0. The Labute approximate surface area is 73.3 Å². The minimum absolute atomic E-state index is 0.00898. The van der Waals surface area contributed by atoms with Crippen LogP contribution in [0.25, 0.3) is 0 Å². The summed E-state index contributed by atoms with van der Waals surface area (Å²) in [6.45, 7) is 2.07. The molecule has 0 unspecified atom stereocenters.